The monoisotopic (exact) mass is 824 g/mol. The minimum absolute atomic E-state index is 0.0851. The molecular weight excluding hydrogens is 769 g/mol. The summed E-state index contributed by atoms with van der Waals surface area (Å²) in [4.78, 5) is 42.9. The zero-order chi connectivity index (χ0) is 42.7. The Labute approximate surface area is 347 Å². The lowest BCUT2D eigenvalue weighted by Gasteiger charge is -2.35. The van der Waals surface area contributed by atoms with Gasteiger partial charge in [0.05, 0.1) is 24.1 Å². The molecule has 3 amide bonds. The number of aliphatic hydroxyl groups is 1. The molecule has 0 radical (unpaired) electrons. The van der Waals surface area contributed by atoms with Crippen molar-refractivity contribution < 1.29 is 37.4 Å². The van der Waals surface area contributed by atoms with Crippen LogP contribution in [-0.4, -0.2) is 79.4 Å². The number of fused-ring (bicyclic) bond motifs is 1. The Bertz CT molecular complexity index is 2210. The summed E-state index contributed by atoms with van der Waals surface area (Å²) >= 11 is 0. The molecule has 2 aromatic carbocycles. The van der Waals surface area contributed by atoms with Crippen LogP contribution in [0.1, 0.15) is 65.9 Å². The van der Waals surface area contributed by atoms with Crippen LogP contribution in [-0.2, 0) is 29.1 Å². The summed E-state index contributed by atoms with van der Waals surface area (Å²) in [5.74, 6) is -1.56. The number of hydrogen-bond donors (Lipinski definition) is 4. The van der Waals surface area contributed by atoms with Gasteiger partial charge in [0.1, 0.15) is 23.1 Å². The number of hydrogen-bond acceptors (Lipinski definition) is 9. The van der Waals surface area contributed by atoms with Crippen LogP contribution in [0.2, 0.25) is 0 Å². The summed E-state index contributed by atoms with van der Waals surface area (Å²) in [6, 6.07) is 15.9. The standard InChI is InChI=1S/C46H56N4O8S/c1-8-32-27-46(32,43(53)49-59(55,56)34-19-15-12-16-20-34)48-41(51)40-24-29(28-50(40)42(52)39(10-3)47-44(54)58-45(4,5)6)23-31-25-37(30-17-13-11-14-18-30)35(9-2)38-26-33(57-7)21-22-36(31)38/h8,11-23,25-26,29,32,36,39-40,42,52H,1,9-10,24,27-28H2,2-7H3,(H,47,54)(H,48,51)(H,49,53). The van der Waals surface area contributed by atoms with Crippen LogP contribution in [0.5, 0.6) is 0 Å². The lowest BCUT2D eigenvalue weighted by atomic mass is 9.74. The molecule has 2 fully saturated rings. The van der Waals surface area contributed by atoms with Crippen molar-refractivity contribution in [3.05, 3.63) is 132 Å². The number of sulfonamides is 1. The summed E-state index contributed by atoms with van der Waals surface area (Å²) in [5, 5.41) is 17.7. The first-order valence-corrected chi connectivity index (χ1v) is 21.7. The predicted octanol–water partition coefficient (Wildman–Crippen LogP) is 6.31. The van der Waals surface area contributed by atoms with Crippen molar-refractivity contribution in [2.75, 3.05) is 13.7 Å². The fourth-order valence-electron chi connectivity index (χ4n) is 8.32. The zero-order valence-corrected chi connectivity index (χ0v) is 35.4. The number of amides is 3. The molecule has 0 aromatic heterocycles. The van der Waals surface area contributed by atoms with Gasteiger partial charge in [0.2, 0.25) is 5.91 Å². The molecule has 0 spiro atoms. The van der Waals surface area contributed by atoms with Gasteiger partial charge in [-0.1, -0.05) is 86.7 Å². The van der Waals surface area contributed by atoms with Gasteiger partial charge in [0.25, 0.3) is 15.9 Å². The van der Waals surface area contributed by atoms with Gasteiger partial charge in [0, 0.05) is 18.4 Å². The molecule has 1 saturated carbocycles. The molecule has 6 rings (SSSR count). The Kier molecular flexibility index (Phi) is 12.9. The van der Waals surface area contributed by atoms with Gasteiger partial charge in [0.15, 0.2) is 0 Å². The number of carbonyl (C=O) groups is 3. The van der Waals surface area contributed by atoms with E-state index in [0.29, 0.717) is 6.42 Å². The molecule has 7 unspecified atom stereocenters. The molecule has 314 valence electrons. The molecule has 2 aromatic rings. The number of allylic oxidation sites excluding steroid dienone is 8. The predicted molar refractivity (Wildman–Crippen MR) is 227 cm³/mol. The van der Waals surface area contributed by atoms with Crippen molar-refractivity contribution in [2.24, 2.45) is 17.8 Å². The molecule has 4 aliphatic rings. The van der Waals surface area contributed by atoms with E-state index in [4.69, 9.17) is 9.47 Å². The lowest BCUT2D eigenvalue weighted by molar-refractivity contribution is -0.135. The average molecular weight is 825 g/mol. The van der Waals surface area contributed by atoms with Crippen molar-refractivity contribution in [3.63, 3.8) is 0 Å². The molecule has 59 heavy (non-hydrogen) atoms. The molecule has 12 nitrogen and oxygen atoms in total. The number of ether oxygens (including phenoxy) is 2. The smallest absolute Gasteiger partial charge is 0.408 e. The molecule has 1 aliphatic heterocycles. The fourth-order valence-corrected chi connectivity index (χ4v) is 9.38. The number of carbonyl (C=O) groups excluding carboxylic acids is 3. The number of benzene rings is 2. The number of aliphatic hydroxyl groups excluding tert-OH is 1. The summed E-state index contributed by atoms with van der Waals surface area (Å²) in [5.41, 5.74) is 3.16. The largest absolute Gasteiger partial charge is 0.497 e. The van der Waals surface area contributed by atoms with Crippen molar-refractivity contribution in [1.82, 2.24) is 20.3 Å². The van der Waals surface area contributed by atoms with Crippen LogP contribution in [0, 0.1) is 17.8 Å². The van der Waals surface area contributed by atoms with Crippen LogP contribution in [0.3, 0.4) is 0 Å². The van der Waals surface area contributed by atoms with Gasteiger partial charge in [-0.25, -0.2) is 17.9 Å². The fraction of sp³-hybridized carbons (Fsp3) is 0.413. The number of likely N-dealkylation sites (tertiary alicyclic amines) is 1. The third-order valence-corrected chi connectivity index (χ3v) is 12.7. The number of rotatable bonds is 14. The molecule has 3 aliphatic carbocycles. The van der Waals surface area contributed by atoms with Crippen molar-refractivity contribution in [1.29, 1.82) is 0 Å². The topological polar surface area (TPSA) is 163 Å². The number of nitrogens with one attached hydrogen (secondary N) is 3. The van der Waals surface area contributed by atoms with Crippen molar-refractivity contribution in [3.8, 4) is 0 Å². The minimum Gasteiger partial charge on any atom is -0.497 e. The van der Waals surface area contributed by atoms with E-state index in [1.165, 1.54) is 23.8 Å². The van der Waals surface area contributed by atoms with Gasteiger partial charge in [-0.3, -0.25) is 14.5 Å². The van der Waals surface area contributed by atoms with Crippen LogP contribution in [0.25, 0.3) is 5.57 Å². The first kappa shape index (κ1) is 43.3. The summed E-state index contributed by atoms with van der Waals surface area (Å²) in [6.45, 7) is 13.3. The second kappa shape index (κ2) is 17.5. The average Bonchev–Trinajstić information content (AvgIpc) is 3.77. The minimum atomic E-state index is -4.25. The van der Waals surface area contributed by atoms with Gasteiger partial charge < -0.3 is 25.2 Å². The van der Waals surface area contributed by atoms with E-state index in [0.717, 1.165) is 34.5 Å². The lowest BCUT2D eigenvalue weighted by Crippen LogP contribution is -2.59. The second-order valence-corrected chi connectivity index (χ2v) is 18.2. The number of alkyl carbamates (subject to hydrolysis) is 1. The Hall–Kier alpha value is -5.24. The zero-order valence-electron chi connectivity index (χ0n) is 34.6. The normalized spacial score (nSPS) is 25.8. The van der Waals surface area contributed by atoms with Gasteiger partial charge in [-0.15, -0.1) is 6.58 Å². The van der Waals surface area contributed by atoms with Gasteiger partial charge in [-0.2, -0.15) is 0 Å². The highest BCUT2D eigenvalue weighted by atomic mass is 32.2. The molecule has 1 heterocycles. The van der Waals surface area contributed by atoms with Crippen LogP contribution in [0.4, 0.5) is 4.79 Å². The SMILES string of the molecule is C=CC1CC1(NC(=O)C1CC(C=C2C=C(c3ccccc3)C(CC)=C3C=C(OC)C=CC23)CN1C(O)C(CC)NC(=O)OC(C)(C)C)C(=O)NS(=O)(=O)c1ccccc1. The molecule has 0 bridgehead atoms. The Morgan fingerprint density at radius 3 is 2.32 bits per heavy atom. The van der Waals surface area contributed by atoms with E-state index in [1.807, 2.05) is 31.2 Å². The summed E-state index contributed by atoms with van der Waals surface area (Å²) in [7, 11) is -2.60. The molecule has 4 N–H and O–H groups in total. The molecular formula is C46H56N4O8S. The quantitative estimate of drug-likeness (QED) is 0.160. The van der Waals surface area contributed by atoms with Crippen LogP contribution in [0.15, 0.2) is 131 Å². The van der Waals surface area contributed by atoms with E-state index < -0.39 is 63.3 Å². The van der Waals surface area contributed by atoms with E-state index >= 15 is 0 Å². The highest BCUT2D eigenvalue weighted by Gasteiger charge is 2.61. The van der Waals surface area contributed by atoms with E-state index in [1.54, 1.807) is 51.0 Å². The summed E-state index contributed by atoms with van der Waals surface area (Å²) < 4.78 is 39.7. The Morgan fingerprint density at radius 2 is 1.73 bits per heavy atom. The third-order valence-electron chi connectivity index (χ3n) is 11.4. The Balaban J connectivity index is 1.34. The highest BCUT2D eigenvalue weighted by molar-refractivity contribution is 7.90. The number of nitrogens with zero attached hydrogens (tertiary/aromatic N) is 1. The van der Waals surface area contributed by atoms with Gasteiger partial charge in [-0.05, 0) is 105 Å². The van der Waals surface area contributed by atoms with E-state index in [2.05, 4.69) is 65.3 Å². The van der Waals surface area contributed by atoms with Crippen molar-refractivity contribution >= 4 is 33.5 Å². The first-order chi connectivity index (χ1) is 28.0. The first-order valence-electron chi connectivity index (χ1n) is 20.2. The maximum absolute atomic E-state index is 14.6. The molecule has 1 saturated heterocycles. The third kappa shape index (κ3) is 9.48. The van der Waals surface area contributed by atoms with Crippen LogP contribution >= 0.6 is 0 Å². The summed E-state index contributed by atoms with van der Waals surface area (Å²) in [6.07, 6.45) is 11.5. The molecule has 7 atom stereocenters. The second-order valence-electron chi connectivity index (χ2n) is 16.5. The van der Waals surface area contributed by atoms with Crippen molar-refractivity contribution in [2.45, 2.75) is 94.6 Å². The van der Waals surface area contributed by atoms with E-state index in [-0.39, 0.29) is 36.1 Å². The number of methoxy groups -OCH3 is 1. The Morgan fingerprint density at radius 1 is 1.05 bits per heavy atom. The van der Waals surface area contributed by atoms with Gasteiger partial charge >= 0.3 is 6.09 Å². The maximum Gasteiger partial charge on any atom is 0.408 e. The highest BCUT2D eigenvalue weighted by Crippen LogP contribution is 2.47. The van der Waals surface area contributed by atoms with Crippen LogP contribution < -0.4 is 15.4 Å². The maximum atomic E-state index is 14.6. The molecule has 13 heteroatoms. The van der Waals surface area contributed by atoms with E-state index in [9.17, 15) is 27.9 Å².